The smallest absolute Gasteiger partial charge is 0.304 e. The van der Waals surface area contributed by atoms with Crippen LogP contribution in [-0.4, -0.2) is 13.3 Å². The van der Waals surface area contributed by atoms with Crippen molar-refractivity contribution in [2.24, 2.45) is 0 Å². The molecule has 2 rings (SSSR count). The second-order valence-corrected chi connectivity index (χ2v) is 8.00. The van der Waals surface area contributed by atoms with Crippen LogP contribution in [0, 0.1) is 17.0 Å². The Morgan fingerprint density at radius 2 is 2.20 bits per heavy atom. The van der Waals surface area contributed by atoms with Gasteiger partial charge >= 0.3 is 5.69 Å². The van der Waals surface area contributed by atoms with Gasteiger partial charge in [-0.3, -0.25) is 10.1 Å². The first-order valence-electron chi connectivity index (χ1n) is 5.37. The number of sulfonamides is 1. The van der Waals surface area contributed by atoms with Crippen molar-refractivity contribution in [1.29, 1.82) is 0 Å². The maximum atomic E-state index is 12.1. The van der Waals surface area contributed by atoms with E-state index in [9.17, 15) is 18.5 Å². The third kappa shape index (κ3) is 2.98. The molecule has 0 amide bonds. The van der Waals surface area contributed by atoms with Gasteiger partial charge in [-0.15, -0.1) is 11.3 Å². The highest BCUT2D eigenvalue weighted by atomic mass is 32.2. The zero-order valence-electron chi connectivity index (χ0n) is 10.3. The van der Waals surface area contributed by atoms with E-state index in [1.54, 1.807) is 0 Å². The summed E-state index contributed by atoms with van der Waals surface area (Å²) in [6.07, 6.45) is 0. The Morgan fingerprint density at radius 1 is 1.50 bits per heavy atom. The van der Waals surface area contributed by atoms with Crippen LogP contribution in [0.4, 0.5) is 10.7 Å². The van der Waals surface area contributed by atoms with Crippen LogP contribution in [0.15, 0.2) is 21.7 Å². The van der Waals surface area contributed by atoms with E-state index in [0.717, 1.165) is 16.5 Å². The number of nitrogens with two attached hydrogens (primary N) is 1. The summed E-state index contributed by atoms with van der Waals surface area (Å²) in [5.41, 5.74) is 6.05. The standard InChI is InChI=1S/C10H11N3O4S3/c1-6-2-3-18-8(6)5-12-20(16,17)9-4-7(13(14)15)10(11)19-9/h2-4,12H,5,11H2,1H3. The molecule has 0 saturated heterocycles. The van der Waals surface area contributed by atoms with E-state index in [1.165, 1.54) is 11.3 Å². The van der Waals surface area contributed by atoms with Crippen LogP contribution >= 0.6 is 22.7 Å². The third-order valence-electron chi connectivity index (χ3n) is 2.57. The molecular weight excluding hydrogens is 322 g/mol. The van der Waals surface area contributed by atoms with E-state index in [1.807, 2.05) is 18.4 Å². The molecule has 3 N–H and O–H groups in total. The van der Waals surface area contributed by atoms with Crippen LogP contribution in [0.5, 0.6) is 0 Å². The average molecular weight is 333 g/mol. The van der Waals surface area contributed by atoms with Crippen LogP contribution in [0.2, 0.25) is 0 Å². The highest BCUT2D eigenvalue weighted by Gasteiger charge is 2.24. The van der Waals surface area contributed by atoms with Crippen molar-refractivity contribution in [3.05, 3.63) is 38.1 Å². The Kier molecular flexibility index (Phi) is 4.09. The minimum atomic E-state index is -3.80. The quantitative estimate of drug-likeness (QED) is 0.642. The summed E-state index contributed by atoms with van der Waals surface area (Å²) >= 11 is 2.12. The van der Waals surface area contributed by atoms with Crippen molar-refractivity contribution in [2.45, 2.75) is 17.7 Å². The molecule has 0 fully saturated rings. The van der Waals surface area contributed by atoms with E-state index in [2.05, 4.69) is 4.72 Å². The molecule has 0 aliphatic rings. The molecule has 7 nitrogen and oxygen atoms in total. The van der Waals surface area contributed by atoms with E-state index < -0.39 is 14.9 Å². The minimum Gasteiger partial charge on any atom is -0.385 e. The zero-order chi connectivity index (χ0) is 14.9. The van der Waals surface area contributed by atoms with Gasteiger partial charge in [-0.25, -0.2) is 13.1 Å². The minimum absolute atomic E-state index is 0.123. The first-order valence-corrected chi connectivity index (χ1v) is 8.55. The largest absolute Gasteiger partial charge is 0.385 e. The Bertz CT molecular complexity index is 748. The molecule has 2 aromatic rings. The molecule has 20 heavy (non-hydrogen) atoms. The third-order valence-corrected chi connectivity index (χ3v) is 6.42. The Morgan fingerprint density at radius 3 is 2.70 bits per heavy atom. The molecule has 0 aliphatic carbocycles. The molecule has 2 aromatic heterocycles. The fourth-order valence-electron chi connectivity index (χ4n) is 1.46. The fraction of sp³-hybridized carbons (Fsp3) is 0.200. The van der Waals surface area contributed by atoms with Crippen molar-refractivity contribution in [3.63, 3.8) is 0 Å². The summed E-state index contributed by atoms with van der Waals surface area (Å²) < 4.78 is 26.4. The summed E-state index contributed by atoms with van der Waals surface area (Å²) in [6, 6.07) is 2.87. The van der Waals surface area contributed by atoms with Gasteiger partial charge in [-0.1, -0.05) is 11.3 Å². The van der Waals surface area contributed by atoms with Gasteiger partial charge in [0.05, 0.1) is 4.92 Å². The summed E-state index contributed by atoms with van der Waals surface area (Å²) in [7, 11) is -3.80. The molecule has 0 atom stereocenters. The maximum absolute atomic E-state index is 12.1. The molecule has 108 valence electrons. The van der Waals surface area contributed by atoms with Crippen molar-refractivity contribution in [2.75, 3.05) is 5.73 Å². The van der Waals surface area contributed by atoms with E-state index in [4.69, 9.17) is 5.73 Å². The van der Waals surface area contributed by atoms with Crippen molar-refractivity contribution >= 4 is 43.4 Å². The lowest BCUT2D eigenvalue weighted by molar-refractivity contribution is -0.383. The maximum Gasteiger partial charge on any atom is 0.304 e. The Labute approximate surface area is 123 Å². The van der Waals surface area contributed by atoms with Gasteiger partial charge in [0.25, 0.3) is 10.0 Å². The van der Waals surface area contributed by atoms with Crippen LogP contribution in [-0.2, 0) is 16.6 Å². The Hall–Kier alpha value is -1.49. The van der Waals surface area contributed by atoms with Gasteiger partial charge in [-0.2, -0.15) is 0 Å². The molecular formula is C10H11N3O4S3. The molecule has 0 saturated carbocycles. The monoisotopic (exact) mass is 333 g/mol. The van der Waals surface area contributed by atoms with Crippen molar-refractivity contribution in [1.82, 2.24) is 4.72 Å². The molecule has 0 radical (unpaired) electrons. The highest BCUT2D eigenvalue weighted by Crippen LogP contribution is 2.34. The molecule has 0 aliphatic heterocycles. The molecule has 0 bridgehead atoms. The van der Waals surface area contributed by atoms with Crippen molar-refractivity contribution in [3.8, 4) is 0 Å². The first-order chi connectivity index (χ1) is 9.31. The summed E-state index contributed by atoms with van der Waals surface area (Å²) in [4.78, 5) is 10.9. The fourth-order valence-corrected chi connectivity index (χ4v) is 4.66. The topological polar surface area (TPSA) is 115 Å². The number of rotatable bonds is 5. The molecule has 0 unspecified atom stereocenters. The SMILES string of the molecule is Cc1ccsc1CNS(=O)(=O)c1cc([N+](=O)[O-])c(N)s1. The number of anilines is 1. The number of hydrogen-bond acceptors (Lipinski definition) is 7. The second kappa shape index (κ2) is 5.48. The van der Waals surface area contributed by atoms with Crippen molar-refractivity contribution < 1.29 is 13.3 Å². The predicted octanol–water partition coefficient (Wildman–Crippen LogP) is 2.09. The lowest BCUT2D eigenvalue weighted by atomic mass is 10.3. The first kappa shape index (κ1) is 14.9. The number of nitrogens with one attached hydrogen (secondary N) is 1. The van der Waals surface area contributed by atoms with Gasteiger partial charge < -0.3 is 5.73 Å². The lowest BCUT2D eigenvalue weighted by Crippen LogP contribution is -2.22. The average Bonchev–Trinajstić information content (AvgIpc) is 2.93. The van der Waals surface area contributed by atoms with E-state index in [-0.39, 0.29) is 21.4 Å². The van der Waals surface area contributed by atoms with Crippen LogP contribution < -0.4 is 10.5 Å². The number of thiophene rings is 2. The number of nitrogens with zero attached hydrogens (tertiary/aromatic N) is 1. The highest BCUT2D eigenvalue weighted by molar-refractivity contribution is 7.91. The van der Waals surface area contributed by atoms with E-state index >= 15 is 0 Å². The Balaban J connectivity index is 2.20. The lowest BCUT2D eigenvalue weighted by Gasteiger charge is -2.03. The van der Waals surface area contributed by atoms with Gasteiger partial charge in [0.15, 0.2) is 5.00 Å². The summed E-state index contributed by atoms with van der Waals surface area (Å²) in [5, 5.41) is 12.4. The summed E-state index contributed by atoms with van der Waals surface area (Å²) in [6.45, 7) is 2.03. The van der Waals surface area contributed by atoms with Crippen LogP contribution in [0.1, 0.15) is 10.4 Å². The number of hydrogen-bond donors (Lipinski definition) is 2. The number of nitro groups is 1. The number of aryl methyl sites for hydroxylation is 1. The zero-order valence-corrected chi connectivity index (χ0v) is 12.8. The van der Waals surface area contributed by atoms with Crippen LogP contribution in [0.25, 0.3) is 0 Å². The molecule has 2 heterocycles. The van der Waals surface area contributed by atoms with Gasteiger partial charge in [-0.05, 0) is 23.9 Å². The van der Waals surface area contributed by atoms with Crippen LogP contribution in [0.3, 0.4) is 0 Å². The molecule has 0 spiro atoms. The predicted molar refractivity (Wildman–Crippen MR) is 78.5 cm³/mol. The number of nitrogen functional groups attached to an aromatic ring is 1. The van der Waals surface area contributed by atoms with Gasteiger partial charge in [0, 0.05) is 17.5 Å². The van der Waals surface area contributed by atoms with Gasteiger partial charge in [0.1, 0.15) is 4.21 Å². The summed E-state index contributed by atoms with van der Waals surface area (Å²) in [5.74, 6) is 0. The van der Waals surface area contributed by atoms with E-state index in [0.29, 0.717) is 11.3 Å². The van der Waals surface area contributed by atoms with Gasteiger partial charge in [0.2, 0.25) is 0 Å². The normalized spacial score (nSPS) is 11.7. The second-order valence-electron chi connectivity index (χ2n) is 3.92. The molecule has 10 heteroatoms. The molecule has 0 aromatic carbocycles.